The first-order chi connectivity index (χ1) is 6.04. The molecule has 5 nitrogen and oxygen atoms in total. The van der Waals surface area contributed by atoms with Crippen LogP contribution in [0.2, 0.25) is 0 Å². The van der Waals surface area contributed by atoms with Gasteiger partial charge in [-0.25, -0.2) is 0 Å². The van der Waals surface area contributed by atoms with Crippen molar-refractivity contribution in [2.75, 3.05) is 7.09 Å². The third-order valence-electron chi connectivity index (χ3n) is 1.50. The number of carbonyl (C=O) groups is 1. The first-order valence-electron chi connectivity index (χ1n) is 4.15. The highest BCUT2D eigenvalue weighted by molar-refractivity contribution is 5.56. The molecule has 0 aliphatic carbocycles. The second kappa shape index (κ2) is 5.21. The molecule has 0 saturated heterocycles. The van der Waals surface area contributed by atoms with E-state index in [0.717, 1.165) is 0 Å². The van der Waals surface area contributed by atoms with Gasteiger partial charge in [0, 0.05) is 7.09 Å². The molecule has 0 radical (unpaired) electrons. The van der Waals surface area contributed by atoms with Crippen LogP contribution in [0.4, 0.5) is 0 Å². The second-order valence-corrected chi connectivity index (χ2v) is 2.49. The predicted octanol–water partition coefficient (Wildman–Crippen LogP) is -1.70. The largest absolute Gasteiger partial charge is 0.391 e. The van der Waals surface area contributed by atoms with Crippen molar-refractivity contribution < 1.29 is 26.2 Å². The number of aliphatic hydroxyl groups excluding tert-OH is 3. The molecule has 0 aromatic rings. The van der Waals surface area contributed by atoms with Crippen LogP contribution in [0.3, 0.4) is 0 Å². The monoisotopic (exact) mass is 179 g/mol. The van der Waals surface area contributed by atoms with Gasteiger partial charge < -0.3 is 24.9 Å². The normalized spacial score (nSPS) is 22.2. The SMILES string of the molecule is [2H]CO[C@@H]([C@H](O)[C@@H](C)O)[C@@H](O)C=O. The van der Waals surface area contributed by atoms with Gasteiger partial charge in [0.2, 0.25) is 0 Å². The molecule has 0 aliphatic heterocycles. The van der Waals surface area contributed by atoms with Crippen LogP contribution in [0.5, 0.6) is 0 Å². The molecule has 0 unspecified atom stereocenters. The van der Waals surface area contributed by atoms with Gasteiger partial charge >= 0.3 is 0 Å². The van der Waals surface area contributed by atoms with Gasteiger partial charge in [0.25, 0.3) is 0 Å². The molecule has 0 fully saturated rings. The van der Waals surface area contributed by atoms with Gasteiger partial charge in [-0.1, -0.05) is 0 Å². The van der Waals surface area contributed by atoms with Gasteiger partial charge in [0.1, 0.15) is 18.3 Å². The Labute approximate surface area is 72.0 Å². The summed E-state index contributed by atoms with van der Waals surface area (Å²) in [6.45, 7) is 1.29. The maximum Gasteiger partial charge on any atom is 0.151 e. The van der Waals surface area contributed by atoms with Crippen molar-refractivity contribution >= 4 is 6.29 Å². The molecule has 0 heterocycles. The molecule has 12 heavy (non-hydrogen) atoms. The molecule has 0 saturated carbocycles. The number of methoxy groups -OCH3 is 1. The van der Waals surface area contributed by atoms with Crippen LogP contribution in [-0.2, 0) is 9.53 Å². The van der Waals surface area contributed by atoms with E-state index in [2.05, 4.69) is 4.74 Å². The average molecular weight is 179 g/mol. The van der Waals surface area contributed by atoms with Crippen molar-refractivity contribution in [1.29, 1.82) is 0 Å². The minimum atomic E-state index is -1.53. The zero-order valence-corrected chi connectivity index (χ0v) is 6.75. The third kappa shape index (κ3) is 2.86. The van der Waals surface area contributed by atoms with Crippen LogP contribution < -0.4 is 0 Å². The van der Waals surface area contributed by atoms with Crippen molar-refractivity contribution in [3.63, 3.8) is 0 Å². The van der Waals surface area contributed by atoms with Crippen LogP contribution in [0.1, 0.15) is 8.29 Å². The Kier molecular flexibility index (Phi) is 4.16. The van der Waals surface area contributed by atoms with E-state index in [4.69, 9.17) is 11.6 Å². The summed E-state index contributed by atoms with van der Waals surface area (Å²) >= 11 is 0. The molecular formula is C7H14O5. The molecule has 0 aliphatic rings. The van der Waals surface area contributed by atoms with Crippen LogP contribution >= 0.6 is 0 Å². The predicted molar refractivity (Wildman–Crippen MR) is 40.6 cm³/mol. The summed E-state index contributed by atoms with van der Waals surface area (Å²) in [4.78, 5) is 10.2. The fraction of sp³-hybridized carbons (Fsp3) is 0.857. The molecule has 0 rings (SSSR count). The lowest BCUT2D eigenvalue weighted by atomic mass is 10.1. The first-order valence-corrected chi connectivity index (χ1v) is 3.45. The van der Waals surface area contributed by atoms with Crippen molar-refractivity contribution in [2.24, 2.45) is 0 Å². The first kappa shape index (κ1) is 9.60. The van der Waals surface area contributed by atoms with Gasteiger partial charge in [0.05, 0.1) is 7.47 Å². The van der Waals surface area contributed by atoms with Crippen LogP contribution in [0, 0.1) is 0 Å². The van der Waals surface area contributed by atoms with Crippen molar-refractivity contribution in [1.82, 2.24) is 0 Å². The van der Waals surface area contributed by atoms with E-state index in [-0.39, 0.29) is 6.29 Å². The summed E-state index contributed by atoms with van der Waals surface area (Å²) in [5.41, 5.74) is 0. The number of aldehydes is 1. The lowest BCUT2D eigenvalue weighted by molar-refractivity contribution is -0.138. The summed E-state index contributed by atoms with van der Waals surface area (Å²) in [5.74, 6) is 0. The second-order valence-electron chi connectivity index (χ2n) is 2.49. The van der Waals surface area contributed by atoms with E-state index in [0.29, 0.717) is 0 Å². The average Bonchev–Trinajstić information content (AvgIpc) is 2.11. The molecule has 3 N–H and O–H groups in total. The van der Waals surface area contributed by atoms with Crippen LogP contribution in [0.15, 0.2) is 0 Å². The number of aliphatic hydroxyl groups is 3. The van der Waals surface area contributed by atoms with E-state index in [1.54, 1.807) is 0 Å². The Morgan fingerprint density at radius 1 is 1.50 bits per heavy atom. The number of ether oxygens (including phenoxy) is 1. The summed E-state index contributed by atoms with van der Waals surface area (Å²) in [5, 5.41) is 27.2. The molecule has 0 amide bonds. The van der Waals surface area contributed by atoms with E-state index < -0.39 is 31.5 Å². The van der Waals surface area contributed by atoms with E-state index >= 15 is 0 Å². The molecule has 5 heteroatoms. The lowest BCUT2D eigenvalue weighted by Crippen LogP contribution is -2.45. The van der Waals surface area contributed by atoms with Crippen LogP contribution in [0.25, 0.3) is 0 Å². The van der Waals surface area contributed by atoms with Gasteiger partial charge in [-0.2, -0.15) is 0 Å². The van der Waals surface area contributed by atoms with Crippen molar-refractivity contribution in [3.8, 4) is 0 Å². The van der Waals surface area contributed by atoms with E-state index in [1.807, 2.05) is 0 Å². The van der Waals surface area contributed by atoms with Crippen LogP contribution in [-0.4, -0.2) is 53.1 Å². The maximum atomic E-state index is 10.2. The summed E-state index contributed by atoms with van der Waals surface area (Å²) in [6, 6.07) is 0. The van der Waals surface area contributed by atoms with Crippen molar-refractivity contribution in [2.45, 2.75) is 31.3 Å². The zero-order chi connectivity index (χ0) is 10.4. The minimum absolute atomic E-state index is 0.186. The number of carbonyl (C=O) groups excluding carboxylic acids is 1. The highest BCUT2D eigenvalue weighted by Crippen LogP contribution is 2.06. The topological polar surface area (TPSA) is 87.0 Å². The fourth-order valence-electron chi connectivity index (χ4n) is 0.751. The molecule has 0 aromatic heterocycles. The molecule has 72 valence electrons. The summed E-state index contributed by atoms with van der Waals surface area (Å²) in [7, 11) is -0.501. The minimum Gasteiger partial charge on any atom is -0.391 e. The Bertz CT molecular complexity index is 152. The summed E-state index contributed by atoms with van der Waals surface area (Å²) in [6.07, 6.45) is -5.12. The van der Waals surface area contributed by atoms with Crippen molar-refractivity contribution in [3.05, 3.63) is 0 Å². The molecule has 4 atom stereocenters. The highest BCUT2D eigenvalue weighted by Gasteiger charge is 2.29. The third-order valence-corrected chi connectivity index (χ3v) is 1.50. The van der Waals surface area contributed by atoms with E-state index in [1.165, 1.54) is 6.92 Å². The quantitative estimate of drug-likeness (QED) is 0.438. The Morgan fingerprint density at radius 3 is 2.42 bits per heavy atom. The van der Waals surface area contributed by atoms with Gasteiger partial charge in [-0.15, -0.1) is 0 Å². The summed E-state index contributed by atoms with van der Waals surface area (Å²) < 4.78 is 11.3. The highest BCUT2D eigenvalue weighted by atomic mass is 16.5. The van der Waals surface area contributed by atoms with Gasteiger partial charge in [0.15, 0.2) is 6.29 Å². The molecule has 0 aromatic carbocycles. The number of hydrogen-bond acceptors (Lipinski definition) is 5. The Hall–Kier alpha value is -0.490. The molecule has 0 spiro atoms. The van der Waals surface area contributed by atoms with Gasteiger partial charge in [-0.05, 0) is 6.92 Å². The fourth-order valence-corrected chi connectivity index (χ4v) is 0.751. The van der Waals surface area contributed by atoms with E-state index in [9.17, 15) is 9.90 Å². The Balaban J connectivity index is 4.30. The Morgan fingerprint density at radius 2 is 2.08 bits per heavy atom. The number of hydrogen-bond donors (Lipinski definition) is 3. The standard InChI is InChI=1S/C7H14O5/c1-4(9)6(11)7(12-2)5(10)3-8/h3-7,9-11H,1-2H3/t4-,5+,6-,7-/m1/s1/i2D. The zero-order valence-electron chi connectivity index (χ0n) is 7.75. The maximum absolute atomic E-state index is 10.2. The molecule has 0 bridgehead atoms. The lowest BCUT2D eigenvalue weighted by Gasteiger charge is -2.24. The molecular weight excluding hydrogens is 164 g/mol. The van der Waals surface area contributed by atoms with Gasteiger partial charge in [-0.3, -0.25) is 0 Å². The smallest absolute Gasteiger partial charge is 0.151 e. The number of rotatable bonds is 5.